The highest BCUT2D eigenvalue weighted by molar-refractivity contribution is 6.74. The average molecular weight is 565 g/mol. The largest absolute Gasteiger partial charge is 0.493 e. The van der Waals surface area contributed by atoms with Crippen LogP contribution in [-0.2, 0) is 21.8 Å². The van der Waals surface area contributed by atoms with Crippen LogP contribution in [0.3, 0.4) is 0 Å². The van der Waals surface area contributed by atoms with Crippen molar-refractivity contribution in [3.8, 4) is 0 Å². The van der Waals surface area contributed by atoms with Crippen LogP contribution >= 0.6 is 0 Å². The van der Waals surface area contributed by atoms with Crippen molar-refractivity contribution < 1.29 is 21.8 Å². The van der Waals surface area contributed by atoms with Gasteiger partial charge in [-0.2, -0.15) is 0 Å². The molecule has 9 heteroatoms. The Bertz CT molecular complexity index is 430. The van der Waals surface area contributed by atoms with E-state index in [0.717, 1.165) is 51.1 Å². The molecule has 0 saturated heterocycles. The molecule has 37 heavy (non-hydrogen) atoms. The number of rotatable bonds is 30. The second kappa shape index (κ2) is 26.4. The lowest BCUT2D eigenvalue weighted by molar-refractivity contribution is 0.0859. The van der Waals surface area contributed by atoms with Gasteiger partial charge in [-0.05, 0) is 51.9 Å². The van der Waals surface area contributed by atoms with Gasteiger partial charge in [0.1, 0.15) is 0 Å². The van der Waals surface area contributed by atoms with Crippen molar-refractivity contribution in [1.82, 2.24) is 10.6 Å². The van der Waals surface area contributed by atoms with E-state index in [1.54, 1.807) is 28.4 Å². The number of nitrogens with one attached hydrogen (secondary N) is 2. The Kier molecular flexibility index (Phi) is 26.5. The van der Waals surface area contributed by atoms with Crippen LogP contribution < -0.4 is 10.6 Å². The monoisotopic (exact) mass is 564 g/mol. The fourth-order valence-corrected chi connectivity index (χ4v) is 11.0. The summed E-state index contributed by atoms with van der Waals surface area (Å²) < 4.78 is 30.0. The number of hydrogen-bond donors (Lipinski definition) is 2. The highest BCUT2D eigenvalue weighted by Crippen LogP contribution is 2.26. The predicted molar refractivity (Wildman–Crippen MR) is 161 cm³/mol. The minimum absolute atomic E-state index is 0.752. The highest BCUT2D eigenvalue weighted by atomic mass is 28.5. The lowest BCUT2D eigenvalue weighted by Gasteiger charge is -2.35. The Labute approximate surface area is 233 Å². The summed E-state index contributed by atoms with van der Waals surface area (Å²) in [6, 6.07) is 1.50. The molecule has 0 aromatic heterocycles. The standard InChI is InChI=1S/C28H64N2O5Si2/c1-7-9-11-13-15-17-19-23-29-25-21-27-36(31-3,32-4)35-37(33-5,34-6)28-22-26-30-24-20-18-16-14-12-10-8-2/h29-30H,7-28H2,1-6H3. The normalized spacial score (nSPS) is 12.5. The molecule has 0 heterocycles. The van der Waals surface area contributed by atoms with Gasteiger partial charge < -0.3 is 32.5 Å². The molecule has 0 atom stereocenters. The molecule has 2 N–H and O–H groups in total. The molecule has 0 bridgehead atoms. The van der Waals surface area contributed by atoms with Crippen LogP contribution in [0.4, 0.5) is 0 Å². The quantitative estimate of drug-likeness (QED) is 0.0724. The Balaban J connectivity index is 4.23. The molecular formula is C28H64N2O5Si2. The summed E-state index contributed by atoms with van der Waals surface area (Å²) in [6.07, 6.45) is 20.6. The fraction of sp³-hybridized carbons (Fsp3) is 1.00. The molecule has 0 aliphatic heterocycles. The summed E-state index contributed by atoms with van der Waals surface area (Å²) in [5, 5.41) is 7.14. The van der Waals surface area contributed by atoms with E-state index in [0.29, 0.717) is 0 Å². The van der Waals surface area contributed by atoms with Crippen molar-refractivity contribution in [3.05, 3.63) is 0 Å². The minimum atomic E-state index is -2.86. The molecule has 7 nitrogen and oxygen atoms in total. The van der Waals surface area contributed by atoms with E-state index in [-0.39, 0.29) is 0 Å². The second-order valence-electron chi connectivity index (χ2n) is 10.2. The molecule has 0 saturated carbocycles. The summed E-state index contributed by atoms with van der Waals surface area (Å²) in [4.78, 5) is 0. The van der Waals surface area contributed by atoms with Crippen molar-refractivity contribution in [2.24, 2.45) is 0 Å². The van der Waals surface area contributed by atoms with Crippen LogP contribution in [0.15, 0.2) is 0 Å². The van der Waals surface area contributed by atoms with Crippen molar-refractivity contribution in [2.75, 3.05) is 54.6 Å². The first-order valence-electron chi connectivity index (χ1n) is 15.4. The molecule has 0 amide bonds. The van der Waals surface area contributed by atoms with Crippen LogP contribution in [0.2, 0.25) is 12.1 Å². The highest BCUT2D eigenvalue weighted by Gasteiger charge is 2.51. The van der Waals surface area contributed by atoms with E-state index in [1.807, 2.05) is 0 Å². The summed E-state index contributed by atoms with van der Waals surface area (Å²) in [5.41, 5.74) is 0. The van der Waals surface area contributed by atoms with Crippen molar-refractivity contribution in [1.29, 1.82) is 0 Å². The molecule has 0 radical (unpaired) electrons. The molecule has 0 aliphatic carbocycles. The van der Waals surface area contributed by atoms with Crippen molar-refractivity contribution >= 4 is 17.6 Å². The first-order valence-corrected chi connectivity index (χ1v) is 19.3. The Morgan fingerprint density at radius 2 is 0.703 bits per heavy atom. The van der Waals surface area contributed by atoms with Gasteiger partial charge in [-0.3, -0.25) is 0 Å². The maximum atomic E-state index is 6.54. The van der Waals surface area contributed by atoms with Crippen molar-refractivity contribution in [3.63, 3.8) is 0 Å². The molecular weight excluding hydrogens is 500 g/mol. The van der Waals surface area contributed by atoms with Gasteiger partial charge in [-0.15, -0.1) is 0 Å². The molecule has 0 fully saturated rings. The van der Waals surface area contributed by atoms with E-state index in [2.05, 4.69) is 24.5 Å². The van der Waals surface area contributed by atoms with Gasteiger partial charge in [-0.25, -0.2) is 0 Å². The first-order chi connectivity index (χ1) is 18.1. The van der Waals surface area contributed by atoms with E-state index >= 15 is 0 Å². The molecule has 0 aliphatic rings. The van der Waals surface area contributed by atoms with Gasteiger partial charge in [0.25, 0.3) is 0 Å². The van der Waals surface area contributed by atoms with E-state index in [4.69, 9.17) is 21.8 Å². The Morgan fingerprint density at radius 1 is 0.405 bits per heavy atom. The van der Waals surface area contributed by atoms with E-state index in [1.165, 1.54) is 89.9 Å². The van der Waals surface area contributed by atoms with Gasteiger partial charge in [-0.1, -0.05) is 90.9 Å². The molecule has 0 rings (SSSR count). The van der Waals surface area contributed by atoms with E-state index in [9.17, 15) is 0 Å². The number of unbranched alkanes of at least 4 members (excludes halogenated alkanes) is 12. The van der Waals surface area contributed by atoms with Crippen molar-refractivity contribution in [2.45, 2.75) is 129 Å². The minimum Gasteiger partial charge on any atom is -0.377 e. The summed E-state index contributed by atoms with van der Waals surface area (Å²) >= 11 is 0. The summed E-state index contributed by atoms with van der Waals surface area (Å²) in [7, 11) is 1.03. The lowest BCUT2D eigenvalue weighted by Crippen LogP contribution is -2.57. The molecule has 0 spiro atoms. The average Bonchev–Trinajstić information content (AvgIpc) is 2.93. The van der Waals surface area contributed by atoms with Gasteiger partial charge in [0.15, 0.2) is 0 Å². The lowest BCUT2D eigenvalue weighted by atomic mass is 10.1. The zero-order valence-electron chi connectivity index (χ0n) is 25.6. The van der Waals surface area contributed by atoms with Crippen LogP contribution in [0.5, 0.6) is 0 Å². The smallest absolute Gasteiger partial charge is 0.377 e. The molecule has 0 unspecified atom stereocenters. The maximum Gasteiger partial charge on any atom is 0.493 e. The van der Waals surface area contributed by atoms with Crippen LogP contribution in [0, 0.1) is 0 Å². The van der Waals surface area contributed by atoms with Gasteiger partial charge in [0.05, 0.1) is 0 Å². The maximum absolute atomic E-state index is 6.54. The zero-order chi connectivity index (χ0) is 27.5. The SMILES string of the molecule is CCCCCCCCCNCCC[Si](OC)(OC)O[Si](CCCNCCCCCCCCC)(OC)OC. The van der Waals surface area contributed by atoms with Crippen LogP contribution in [0.1, 0.15) is 117 Å². The summed E-state index contributed by atoms with van der Waals surface area (Å²) in [5.74, 6) is 0. The number of hydrogen-bond acceptors (Lipinski definition) is 7. The van der Waals surface area contributed by atoms with Crippen LogP contribution in [-0.4, -0.2) is 72.2 Å². The second-order valence-corrected chi connectivity index (χ2v) is 16.4. The first kappa shape index (κ1) is 37.2. The fourth-order valence-electron chi connectivity index (χ4n) is 4.60. The zero-order valence-corrected chi connectivity index (χ0v) is 27.6. The molecule has 0 aromatic carbocycles. The van der Waals surface area contributed by atoms with E-state index < -0.39 is 17.6 Å². The third-order valence-corrected chi connectivity index (χ3v) is 14.1. The van der Waals surface area contributed by atoms with Gasteiger partial charge in [0.2, 0.25) is 0 Å². The Morgan fingerprint density at radius 3 is 1.03 bits per heavy atom. The third-order valence-electron chi connectivity index (χ3n) is 7.14. The van der Waals surface area contributed by atoms with Gasteiger partial charge >= 0.3 is 17.6 Å². The summed E-state index contributed by atoms with van der Waals surface area (Å²) in [6.45, 7) is 8.57. The topological polar surface area (TPSA) is 70.2 Å². The van der Waals surface area contributed by atoms with Gasteiger partial charge in [0, 0.05) is 40.5 Å². The van der Waals surface area contributed by atoms with Crippen LogP contribution in [0.25, 0.3) is 0 Å². The molecule has 0 aromatic rings. The molecule has 224 valence electrons. The Hall–Kier alpha value is 0.154. The third kappa shape index (κ3) is 19.8. The predicted octanol–water partition coefficient (Wildman–Crippen LogP) is 6.93.